The van der Waals surface area contributed by atoms with Crippen molar-refractivity contribution in [1.29, 1.82) is 0 Å². The number of carbonyl (C=O) groups is 1. The molecule has 1 unspecified atom stereocenters. The van der Waals surface area contributed by atoms with E-state index in [-0.39, 0.29) is 5.97 Å². The monoisotopic (exact) mass is 324 g/mol. The smallest absolute Gasteiger partial charge is 0.333 e. The molecule has 0 aromatic heterocycles. The molecule has 2 nitrogen and oxygen atoms in total. The van der Waals surface area contributed by atoms with E-state index < -0.39 is 0 Å². The highest BCUT2D eigenvalue weighted by atomic mass is 16.5. The minimum Gasteiger partial charge on any atom is -0.462 e. The summed E-state index contributed by atoms with van der Waals surface area (Å²) in [7, 11) is 0. The van der Waals surface area contributed by atoms with E-state index in [9.17, 15) is 4.79 Å². The zero-order valence-electron chi connectivity index (χ0n) is 16.0. The number of ether oxygens (including phenoxy) is 1. The normalized spacial score (nSPS) is 12.1. The second kappa shape index (κ2) is 16.1. The van der Waals surface area contributed by atoms with E-state index >= 15 is 0 Å². The van der Waals surface area contributed by atoms with E-state index in [1.165, 1.54) is 77.0 Å². The molecule has 0 N–H and O–H groups in total. The van der Waals surface area contributed by atoms with Crippen LogP contribution in [0.2, 0.25) is 0 Å². The van der Waals surface area contributed by atoms with Gasteiger partial charge in [0.25, 0.3) is 0 Å². The fourth-order valence-electron chi connectivity index (χ4n) is 3.05. The van der Waals surface area contributed by atoms with Crippen LogP contribution in [0.15, 0.2) is 12.2 Å². The van der Waals surface area contributed by atoms with Crippen LogP contribution in [0.3, 0.4) is 0 Å². The van der Waals surface area contributed by atoms with Crippen molar-refractivity contribution in [2.24, 2.45) is 5.92 Å². The van der Waals surface area contributed by atoms with Crippen LogP contribution in [0.4, 0.5) is 0 Å². The van der Waals surface area contributed by atoms with Gasteiger partial charge in [-0.2, -0.15) is 0 Å². The SMILES string of the molecule is C=C(C)C(=O)OCCCCCCCC(CCC)CCCCCC. The first-order chi connectivity index (χ1) is 11.1. The van der Waals surface area contributed by atoms with Gasteiger partial charge in [0.15, 0.2) is 0 Å². The van der Waals surface area contributed by atoms with E-state index in [4.69, 9.17) is 4.74 Å². The van der Waals surface area contributed by atoms with E-state index in [1.54, 1.807) is 6.92 Å². The summed E-state index contributed by atoms with van der Waals surface area (Å²) in [6.45, 7) is 10.4. The second-order valence-corrected chi connectivity index (χ2v) is 6.98. The zero-order chi connectivity index (χ0) is 17.3. The average Bonchev–Trinajstić information content (AvgIpc) is 2.53. The maximum absolute atomic E-state index is 11.2. The summed E-state index contributed by atoms with van der Waals surface area (Å²) in [6.07, 6.45) is 17.2. The van der Waals surface area contributed by atoms with Crippen molar-refractivity contribution in [2.75, 3.05) is 6.61 Å². The number of hydrogen-bond donors (Lipinski definition) is 0. The van der Waals surface area contributed by atoms with Crippen LogP contribution in [0, 0.1) is 5.92 Å². The number of unbranched alkanes of at least 4 members (excludes halogenated alkanes) is 7. The maximum Gasteiger partial charge on any atom is 0.333 e. The van der Waals surface area contributed by atoms with Crippen LogP contribution < -0.4 is 0 Å². The Bertz CT molecular complexity index is 296. The van der Waals surface area contributed by atoms with Crippen molar-refractivity contribution in [3.05, 3.63) is 12.2 Å². The van der Waals surface area contributed by atoms with Crippen molar-refractivity contribution < 1.29 is 9.53 Å². The molecule has 23 heavy (non-hydrogen) atoms. The first-order valence-corrected chi connectivity index (χ1v) is 9.94. The number of rotatable bonds is 16. The molecule has 1 atom stereocenters. The minimum atomic E-state index is -0.254. The van der Waals surface area contributed by atoms with Gasteiger partial charge in [-0.3, -0.25) is 0 Å². The Hall–Kier alpha value is -0.790. The molecule has 0 saturated heterocycles. The lowest BCUT2D eigenvalue weighted by Gasteiger charge is -2.15. The van der Waals surface area contributed by atoms with Crippen molar-refractivity contribution in [3.63, 3.8) is 0 Å². The second-order valence-electron chi connectivity index (χ2n) is 6.98. The quantitative estimate of drug-likeness (QED) is 0.177. The Morgan fingerprint density at radius 1 is 0.826 bits per heavy atom. The van der Waals surface area contributed by atoms with Gasteiger partial charge in [-0.05, 0) is 19.3 Å². The summed E-state index contributed by atoms with van der Waals surface area (Å²) in [5.41, 5.74) is 0.492. The molecule has 0 fully saturated rings. The van der Waals surface area contributed by atoms with Crippen LogP contribution in [0.5, 0.6) is 0 Å². The Kier molecular flexibility index (Phi) is 15.5. The van der Waals surface area contributed by atoms with Crippen LogP contribution in [-0.4, -0.2) is 12.6 Å². The lowest BCUT2D eigenvalue weighted by molar-refractivity contribution is -0.139. The molecule has 0 heterocycles. The molecule has 0 aromatic rings. The summed E-state index contributed by atoms with van der Waals surface area (Å²) in [5, 5.41) is 0. The Morgan fingerprint density at radius 2 is 1.39 bits per heavy atom. The molecule has 0 bridgehead atoms. The van der Waals surface area contributed by atoms with Crippen LogP contribution >= 0.6 is 0 Å². The highest BCUT2D eigenvalue weighted by Gasteiger charge is 2.07. The molecule has 2 heteroatoms. The minimum absolute atomic E-state index is 0.254. The van der Waals surface area contributed by atoms with Gasteiger partial charge >= 0.3 is 5.97 Å². The third-order valence-electron chi connectivity index (χ3n) is 4.50. The highest BCUT2D eigenvalue weighted by Crippen LogP contribution is 2.22. The molecule has 136 valence electrons. The highest BCUT2D eigenvalue weighted by molar-refractivity contribution is 5.86. The van der Waals surface area contributed by atoms with Gasteiger partial charge in [0.05, 0.1) is 6.61 Å². The van der Waals surface area contributed by atoms with Crippen LogP contribution in [-0.2, 0) is 9.53 Å². The third-order valence-corrected chi connectivity index (χ3v) is 4.50. The Labute approximate surface area is 145 Å². The molecular formula is C21H40O2. The maximum atomic E-state index is 11.2. The third kappa shape index (κ3) is 14.5. The fourth-order valence-corrected chi connectivity index (χ4v) is 3.05. The van der Waals surface area contributed by atoms with Crippen LogP contribution in [0.25, 0.3) is 0 Å². The van der Waals surface area contributed by atoms with Crippen LogP contribution in [0.1, 0.15) is 104 Å². The molecular weight excluding hydrogens is 284 g/mol. The van der Waals surface area contributed by atoms with Gasteiger partial charge in [0.2, 0.25) is 0 Å². The molecule has 0 aromatic carbocycles. The molecule has 0 rings (SSSR count). The van der Waals surface area contributed by atoms with Crippen molar-refractivity contribution in [1.82, 2.24) is 0 Å². The summed E-state index contributed by atoms with van der Waals surface area (Å²) in [6, 6.07) is 0. The predicted octanol–water partition coefficient (Wildman–Crippen LogP) is 6.83. The zero-order valence-corrected chi connectivity index (χ0v) is 16.0. The standard InChI is InChI=1S/C21H40O2/c1-5-7-8-12-16-20(15-6-2)17-13-10-9-11-14-18-23-21(22)19(3)4/h20H,3,5-18H2,1-2,4H3. The van der Waals surface area contributed by atoms with Gasteiger partial charge < -0.3 is 4.74 Å². The van der Waals surface area contributed by atoms with Gasteiger partial charge in [-0.1, -0.05) is 97.5 Å². The Balaban J connectivity index is 3.51. The van der Waals surface area contributed by atoms with Gasteiger partial charge in [0.1, 0.15) is 0 Å². The molecule has 0 saturated carbocycles. The van der Waals surface area contributed by atoms with E-state index in [0.717, 1.165) is 12.3 Å². The van der Waals surface area contributed by atoms with Gasteiger partial charge in [-0.15, -0.1) is 0 Å². The molecule has 0 amide bonds. The van der Waals surface area contributed by atoms with Crippen molar-refractivity contribution in [2.45, 2.75) is 104 Å². The number of esters is 1. The van der Waals surface area contributed by atoms with E-state index in [2.05, 4.69) is 20.4 Å². The first kappa shape index (κ1) is 22.2. The fraction of sp³-hybridized carbons (Fsp3) is 0.857. The lowest BCUT2D eigenvalue weighted by atomic mass is 9.91. The van der Waals surface area contributed by atoms with Gasteiger partial charge in [-0.25, -0.2) is 4.79 Å². The summed E-state index contributed by atoms with van der Waals surface area (Å²) in [4.78, 5) is 11.2. The predicted molar refractivity (Wildman–Crippen MR) is 101 cm³/mol. The first-order valence-electron chi connectivity index (χ1n) is 9.94. The summed E-state index contributed by atoms with van der Waals surface area (Å²) in [5.74, 6) is 0.698. The average molecular weight is 325 g/mol. The Morgan fingerprint density at radius 3 is 1.96 bits per heavy atom. The number of hydrogen-bond acceptors (Lipinski definition) is 2. The molecule has 0 aliphatic rings. The molecule has 0 radical (unpaired) electrons. The lowest BCUT2D eigenvalue weighted by Crippen LogP contribution is -2.06. The molecule has 0 spiro atoms. The molecule has 0 aliphatic carbocycles. The summed E-state index contributed by atoms with van der Waals surface area (Å²) < 4.78 is 5.11. The van der Waals surface area contributed by atoms with E-state index in [1.807, 2.05) is 0 Å². The van der Waals surface area contributed by atoms with Gasteiger partial charge in [0, 0.05) is 5.57 Å². The number of carbonyl (C=O) groups excluding carboxylic acids is 1. The van der Waals surface area contributed by atoms with Crippen molar-refractivity contribution in [3.8, 4) is 0 Å². The largest absolute Gasteiger partial charge is 0.462 e. The molecule has 0 aliphatic heterocycles. The summed E-state index contributed by atoms with van der Waals surface area (Å²) >= 11 is 0. The van der Waals surface area contributed by atoms with E-state index in [0.29, 0.717) is 12.2 Å². The van der Waals surface area contributed by atoms with Crippen molar-refractivity contribution >= 4 is 5.97 Å². The topological polar surface area (TPSA) is 26.3 Å².